The molecule has 0 aliphatic heterocycles. The van der Waals surface area contributed by atoms with E-state index in [-0.39, 0.29) is 35.3 Å². The fourth-order valence-corrected chi connectivity index (χ4v) is 4.13. The molecular formula is C27H23F3NNaO5. The van der Waals surface area contributed by atoms with Crippen molar-refractivity contribution in [3.8, 4) is 28.4 Å². The standard InChI is InChI=1S/C27H24F3NO5.Na/c1-16-25(19-7-9-20(34-3)10-8-19)23-12-11-22(36-27(28,29)30)14-24(23)31(16)15-18-5-4-6-21(13-18)35-17(2)26(32)33;/h4-14,17H,15H2,1-3H3,(H,32,33);/q;+1/p-1/t17-;/m1./s1. The van der Waals surface area contributed by atoms with E-state index in [1.165, 1.54) is 19.1 Å². The Labute approximate surface area is 233 Å². The number of halogens is 3. The predicted octanol–water partition coefficient (Wildman–Crippen LogP) is 2.09. The molecule has 0 N–H and O–H groups in total. The molecule has 0 fully saturated rings. The van der Waals surface area contributed by atoms with E-state index in [2.05, 4.69) is 4.74 Å². The molecule has 0 radical (unpaired) electrons. The van der Waals surface area contributed by atoms with Crippen molar-refractivity contribution in [2.45, 2.75) is 32.9 Å². The molecule has 188 valence electrons. The maximum absolute atomic E-state index is 12.9. The molecule has 0 saturated carbocycles. The number of carbonyl (C=O) groups excluding carboxylic acids is 1. The van der Waals surface area contributed by atoms with Crippen molar-refractivity contribution in [1.29, 1.82) is 0 Å². The fourth-order valence-electron chi connectivity index (χ4n) is 4.13. The Morgan fingerprint density at radius 1 is 1.00 bits per heavy atom. The van der Waals surface area contributed by atoms with Crippen LogP contribution in [0.1, 0.15) is 18.2 Å². The van der Waals surface area contributed by atoms with Crippen molar-refractivity contribution in [3.05, 3.63) is 78.0 Å². The Kier molecular flexibility index (Phi) is 8.84. The van der Waals surface area contributed by atoms with Gasteiger partial charge in [0.2, 0.25) is 0 Å². The molecule has 0 bridgehead atoms. The monoisotopic (exact) mass is 521 g/mol. The summed E-state index contributed by atoms with van der Waals surface area (Å²) in [4.78, 5) is 11.0. The van der Waals surface area contributed by atoms with Crippen molar-refractivity contribution in [3.63, 3.8) is 0 Å². The van der Waals surface area contributed by atoms with E-state index in [9.17, 15) is 23.1 Å². The number of carboxylic acids is 1. The molecule has 3 aromatic carbocycles. The second-order valence-corrected chi connectivity index (χ2v) is 8.23. The van der Waals surface area contributed by atoms with Crippen molar-refractivity contribution in [2.75, 3.05) is 7.11 Å². The number of rotatable bonds is 8. The third kappa shape index (κ3) is 6.60. The van der Waals surface area contributed by atoms with Crippen LogP contribution in [0.2, 0.25) is 0 Å². The van der Waals surface area contributed by atoms with E-state index in [0.717, 1.165) is 27.8 Å². The van der Waals surface area contributed by atoms with Gasteiger partial charge in [0.15, 0.2) is 0 Å². The quantitative estimate of drug-likeness (QED) is 0.332. The van der Waals surface area contributed by atoms with Crippen molar-refractivity contribution in [2.24, 2.45) is 0 Å². The molecule has 1 heterocycles. The topological polar surface area (TPSA) is 72.8 Å². The molecular weight excluding hydrogens is 498 g/mol. The number of nitrogens with zero attached hydrogens (tertiary/aromatic N) is 1. The number of aromatic nitrogens is 1. The number of carboxylic acid groups (broad SMARTS) is 1. The van der Waals surface area contributed by atoms with Gasteiger partial charge in [0, 0.05) is 29.3 Å². The first-order valence-electron chi connectivity index (χ1n) is 11.0. The van der Waals surface area contributed by atoms with Crippen LogP contribution in [0, 0.1) is 6.92 Å². The van der Waals surface area contributed by atoms with Gasteiger partial charge in [0.25, 0.3) is 0 Å². The Bertz CT molecular complexity index is 1400. The SMILES string of the molecule is COc1ccc(-c2c(C)n(Cc3cccc(O[C@H](C)C(=O)[O-])c3)c3cc(OC(F)(F)F)ccc23)cc1.[Na+]. The predicted molar refractivity (Wildman–Crippen MR) is 126 cm³/mol. The number of alkyl halides is 3. The normalized spacial score (nSPS) is 12.1. The largest absolute Gasteiger partial charge is 1.00 e. The third-order valence-corrected chi connectivity index (χ3v) is 5.79. The Balaban J connectivity index is 0.00000380. The second-order valence-electron chi connectivity index (χ2n) is 8.23. The number of hydrogen-bond acceptors (Lipinski definition) is 5. The molecule has 1 aromatic heterocycles. The van der Waals surface area contributed by atoms with Gasteiger partial charge in [-0.2, -0.15) is 0 Å². The number of ether oxygens (including phenoxy) is 3. The van der Waals surface area contributed by atoms with Crippen molar-refractivity contribution in [1.82, 2.24) is 4.57 Å². The number of aliphatic carboxylic acids is 1. The van der Waals surface area contributed by atoms with Crippen molar-refractivity contribution >= 4 is 16.9 Å². The van der Waals surface area contributed by atoms with Crippen LogP contribution in [-0.2, 0) is 11.3 Å². The minimum absolute atomic E-state index is 0. The Morgan fingerprint density at radius 3 is 2.30 bits per heavy atom. The van der Waals surface area contributed by atoms with Gasteiger partial charge in [-0.3, -0.25) is 0 Å². The number of carbonyl (C=O) groups is 1. The minimum Gasteiger partial charge on any atom is -0.546 e. The fraction of sp³-hybridized carbons (Fsp3) is 0.222. The van der Waals surface area contributed by atoms with Crippen LogP contribution >= 0.6 is 0 Å². The molecule has 1 atom stereocenters. The van der Waals surface area contributed by atoms with Crippen LogP contribution in [0.15, 0.2) is 66.7 Å². The average Bonchev–Trinajstić information content (AvgIpc) is 3.09. The minimum atomic E-state index is -4.82. The van der Waals surface area contributed by atoms with Crippen LogP contribution in [0.25, 0.3) is 22.0 Å². The molecule has 4 rings (SSSR count). The third-order valence-electron chi connectivity index (χ3n) is 5.79. The first kappa shape index (κ1) is 28.4. The van der Waals surface area contributed by atoms with E-state index in [1.807, 2.05) is 41.8 Å². The molecule has 0 unspecified atom stereocenters. The summed E-state index contributed by atoms with van der Waals surface area (Å²) in [6.45, 7) is 3.56. The van der Waals surface area contributed by atoms with Crippen LogP contribution in [0.4, 0.5) is 13.2 Å². The van der Waals surface area contributed by atoms with Crippen LogP contribution < -0.4 is 48.9 Å². The van der Waals surface area contributed by atoms with E-state index in [1.54, 1.807) is 31.4 Å². The van der Waals surface area contributed by atoms with E-state index >= 15 is 0 Å². The smallest absolute Gasteiger partial charge is 0.546 e. The summed E-state index contributed by atoms with van der Waals surface area (Å²) in [7, 11) is 1.57. The van der Waals surface area contributed by atoms with E-state index in [4.69, 9.17) is 9.47 Å². The number of hydrogen-bond donors (Lipinski definition) is 0. The van der Waals surface area contributed by atoms with Crippen molar-refractivity contribution < 1.29 is 66.8 Å². The van der Waals surface area contributed by atoms with Gasteiger partial charge in [-0.1, -0.05) is 24.3 Å². The zero-order chi connectivity index (χ0) is 26.0. The first-order chi connectivity index (χ1) is 17.1. The molecule has 10 heteroatoms. The molecule has 4 aromatic rings. The van der Waals surface area contributed by atoms with Gasteiger partial charge in [-0.15, -0.1) is 13.2 Å². The first-order valence-corrected chi connectivity index (χ1v) is 11.0. The number of benzene rings is 3. The van der Waals surface area contributed by atoms with Crippen LogP contribution in [0.5, 0.6) is 17.2 Å². The maximum atomic E-state index is 12.9. The van der Waals surface area contributed by atoms with E-state index < -0.39 is 18.4 Å². The summed E-state index contributed by atoms with van der Waals surface area (Å²) in [5.74, 6) is -0.637. The summed E-state index contributed by atoms with van der Waals surface area (Å²) in [6, 6.07) is 18.5. The molecule has 0 amide bonds. The number of methoxy groups -OCH3 is 1. The summed E-state index contributed by atoms with van der Waals surface area (Å²) < 4.78 is 55.5. The Morgan fingerprint density at radius 2 is 1.68 bits per heavy atom. The van der Waals surface area contributed by atoms with Gasteiger partial charge in [-0.25, -0.2) is 0 Å². The summed E-state index contributed by atoms with van der Waals surface area (Å²) in [5.41, 5.74) is 3.88. The van der Waals surface area contributed by atoms with Gasteiger partial charge >= 0.3 is 35.9 Å². The maximum Gasteiger partial charge on any atom is 1.00 e. The molecule has 0 aliphatic carbocycles. The van der Waals surface area contributed by atoms with E-state index in [0.29, 0.717) is 23.6 Å². The molecule has 37 heavy (non-hydrogen) atoms. The van der Waals surface area contributed by atoms with Gasteiger partial charge in [0.05, 0.1) is 18.6 Å². The molecule has 0 spiro atoms. The zero-order valence-corrected chi connectivity index (χ0v) is 22.8. The number of fused-ring (bicyclic) bond motifs is 1. The molecule has 0 saturated heterocycles. The molecule has 6 nitrogen and oxygen atoms in total. The van der Waals surface area contributed by atoms with Gasteiger partial charge in [-0.05, 0) is 61.4 Å². The zero-order valence-electron chi connectivity index (χ0n) is 20.8. The van der Waals surface area contributed by atoms with Crippen LogP contribution in [0.3, 0.4) is 0 Å². The second kappa shape index (κ2) is 11.5. The van der Waals surface area contributed by atoms with Crippen LogP contribution in [-0.4, -0.2) is 30.1 Å². The average molecular weight is 521 g/mol. The summed E-state index contributed by atoms with van der Waals surface area (Å²) in [5, 5.41) is 11.8. The Hall–Kier alpha value is -3.14. The molecule has 0 aliphatic rings. The summed E-state index contributed by atoms with van der Waals surface area (Å²) >= 11 is 0. The van der Waals surface area contributed by atoms with Gasteiger partial charge < -0.3 is 28.7 Å². The summed E-state index contributed by atoms with van der Waals surface area (Å²) in [6.07, 6.45) is -5.96. The van der Waals surface area contributed by atoms with Gasteiger partial charge in [0.1, 0.15) is 23.4 Å².